The van der Waals surface area contributed by atoms with Gasteiger partial charge in [0.2, 0.25) is 0 Å². The zero-order valence-electron chi connectivity index (χ0n) is 28.9. The molecule has 4 aromatic rings. The normalized spacial score (nSPS) is 16.3. The van der Waals surface area contributed by atoms with E-state index in [9.17, 15) is 10.1 Å². The average Bonchev–Trinajstić information content (AvgIpc) is 3.34. The van der Waals surface area contributed by atoms with Crippen molar-refractivity contribution < 1.29 is 27.5 Å². The molecule has 1 heterocycles. The van der Waals surface area contributed by atoms with Gasteiger partial charge < -0.3 is 17.5 Å². The van der Waals surface area contributed by atoms with Gasteiger partial charge in [-0.3, -0.25) is 0 Å². The number of para-hydroxylation sites is 1. The molecule has 1 atom stereocenters. The van der Waals surface area contributed by atoms with E-state index in [1.165, 1.54) is 34.5 Å². The fourth-order valence-electron chi connectivity index (χ4n) is 5.99. The molecular formula is C39H44Cl2N2O3RuS2-. The molecule has 0 radical (unpaired) electrons. The van der Waals surface area contributed by atoms with Crippen LogP contribution in [0.5, 0.6) is 5.75 Å². The summed E-state index contributed by atoms with van der Waals surface area (Å²) in [5.74, 6) is 0.661. The number of hydrogen-bond acceptors (Lipinski definition) is 6. The number of ether oxygens (including phenoxy) is 1. The van der Waals surface area contributed by atoms with Crippen LogP contribution in [0.1, 0.15) is 77.1 Å². The topological polar surface area (TPSA) is 55.6 Å². The first-order valence-electron chi connectivity index (χ1n) is 16.1. The maximum absolute atomic E-state index is 10.5. The Hall–Kier alpha value is -2.48. The summed E-state index contributed by atoms with van der Waals surface area (Å²) in [5, 5.41) is 11.6. The van der Waals surface area contributed by atoms with Crippen molar-refractivity contribution in [3.8, 4) is 5.75 Å². The van der Waals surface area contributed by atoms with Gasteiger partial charge in [0, 0.05) is 21.1 Å². The van der Waals surface area contributed by atoms with E-state index in [0.29, 0.717) is 31.1 Å². The summed E-state index contributed by atoms with van der Waals surface area (Å²) in [6.07, 6.45) is 3.33. The van der Waals surface area contributed by atoms with E-state index in [4.69, 9.17) is 40.6 Å². The van der Waals surface area contributed by atoms with Crippen LogP contribution in [0.2, 0.25) is 10.0 Å². The van der Waals surface area contributed by atoms with Crippen LogP contribution in [0.3, 0.4) is 0 Å². The number of benzene rings is 4. The summed E-state index contributed by atoms with van der Waals surface area (Å²) in [6.45, 7) is 18.0. The van der Waals surface area contributed by atoms with Gasteiger partial charge in [0.25, 0.3) is 0 Å². The van der Waals surface area contributed by atoms with E-state index in [1.54, 1.807) is 22.8 Å². The van der Waals surface area contributed by atoms with E-state index in [2.05, 4.69) is 125 Å². The van der Waals surface area contributed by atoms with Crippen LogP contribution in [-0.2, 0) is 48.7 Å². The van der Waals surface area contributed by atoms with Crippen molar-refractivity contribution in [3.63, 3.8) is 0 Å². The summed E-state index contributed by atoms with van der Waals surface area (Å²) >= 11 is 22.6. The molecular weight excluding hydrogens is 781 g/mol. The Bertz CT molecular complexity index is 1700. The SMILES string of the molecule is CC(C)Oc1ccc([N+](=O)[O-])cc1[CH]=[Ru+].CCc1cccc(CC)c1N1[CH-][C@](C)(c2ccccc2)CC1(C)C.[S-]c1c(Cl)ccc(Cl)c1S. The summed E-state index contributed by atoms with van der Waals surface area (Å²) in [5.41, 5.74) is 6.74. The molecule has 49 heavy (non-hydrogen) atoms. The van der Waals surface area contributed by atoms with Crippen LogP contribution in [0.4, 0.5) is 11.4 Å². The first-order chi connectivity index (χ1) is 23.1. The first-order valence-corrected chi connectivity index (χ1v) is 18.7. The number of nitro groups is 1. The van der Waals surface area contributed by atoms with Crippen LogP contribution in [0, 0.1) is 16.7 Å². The van der Waals surface area contributed by atoms with Gasteiger partial charge in [0.15, 0.2) is 0 Å². The number of rotatable bonds is 8. The van der Waals surface area contributed by atoms with E-state index in [0.717, 1.165) is 19.3 Å². The molecule has 263 valence electrons. The number of nitro benzene ring substituents is 1. The molecule has 1 aliphatic heterocycles. The zero-order valence-corrected chi connectivity index (χ0v) is 33.9. The number of non-ortho nitro benzene ring substituents is 1. The molecule has 0 bridgehead atoms. The second-order valence-corrected chi connectivity index (χ2v) is 15.0. The molecule has 1 saturated heterocycles. The number of hydrogen-bond donors (Lipinski definition) is 1. The Balaban J connectivity index is 0.000000222. The third kappa shape index (κ3) is 10.5. The van der Waals surface area contributed by atoms with Crippen LogP contribution in [-0.4, -0.2) is 21.2 Å². The molecule has 0 aromatic heterocycles. The Morgan fingerprint density at radius 1 is 1.00 bits per heavy atom. The summed E-state index contributed by atoms with van der Waals surface area (Å²) < 4.78 is 7.23. The number of anilines is 1. The minimum Gasteiger partial charge on any atom is -0.777 e. The van der Waals surface area contributed by atoms with Crippen LogP contribution >= 0.6 is 35.8 Å². The largest absolute Gasteiger partial charge is 0.777 e. The minimum absolute atomic E-state index is 0.0526. The van der Waals surface area contributed by atoms with E-state index in [1.807, 2.05) is 13.8 Å². The molecule has 10 heteroatoms. The molecule has 1 fully saturated rings. The number of halogens is 2. The van der Waals surface area contributed by atoms with Crippen LogP contribution in [0.15, 0.2) is 88.7 Å². The zero-order chi connectivity index (χ0) is 36.5. The maximum Gasteiger partial charge on any atom is 0.0525 e. The Labute approximate surface area is 322 Å². The van der Waals surface area contributed by atoms with E-state index >= 15 is 0 Å². The number of thiol groups is 1. The van der Waals surface area contributed by atoms with Crippen molar-refractivity contribution in [2.75, 3.05) is 4.90 Å². The van der Waals surface area contributed by atoms with Gasteiger partial charge in [-0.05, 0) is 56.4 Å². The van der Waals surface area contributed by atoms with Crippen molar-refractivity contribution in [3.05, 3.63) is 128 Å². The van der Waals surface area contributed by atoms with Gasteiger partial charge in [-0.2, -0.15) is 0 Å². The average molecular weight is 825 g/mol. The van der Waals surface area contributed by atoms with Gasteiger partial charge in [-0.25, -0.2) is 6.54 Å². The monoisotopic (exact) mass is 824 g/mol. The van der Waals surface area contributed by atoms with Gasteiger partial charge in [0.1, 0.15) is 0 Å². The molecule has 4 aromatic carbocycles. The fraction of sp³-hybridized carbons (Fsp3) is 0.333. The fourth-order valence-corrected chi connectivity index (χ4v) is 7.19. The van der Waals surface area contributed by atoms with Gasteiger partial charge in [-0.1, -0.05) is 98.1 Å². The third-order valence-electron chi connectivity index (χ3n) is 8.22. The van der Waals surface area contributed by atoms with Crippen molar-refractivity contribution in [2.24, 2.45) is 0 Å². The molecule has 1 aliphatic rings. The third-order valence-corrected chi connectivity index (χ3v) is 10.7. The summed E-state index contributed by atoms with van der Waals surface area (Å²) in [4.78, 5) is 13.8. The summed E-state index contributed by atoms with van der Waals surface area (Å²) in [6, 6.07) is 25.6. The predicted octanol–water partition coefficient (Wildman–Crippen LogP) is 11.2. The smallest absolute Gasteiger partial charge is 0.0525 e. The van der Waals surface area contributed by atoms with Gasteiger partial charge in [-0.15, -0.1) is 22.9 Å². The molecule has 0 aliphatic carbocycles. The molecule has 0 spiro atoms. The second kappa shape index (κ2) is 18.1. The molecule has 5 rings (SSSR count). The second-order valence-electron chi connectivity index (χ2n) is 12.9. The van der Waals surface area contributed by atoms with Gasteiger partial charge >= 0.3 is 97.4 Å². The number of aryl methyl sites for hydroxylation is 2. The van der Waals surface area contributed by atoms with Gasteiger partial charge in [0.05, 0.1) is 5.02 Å². The molecule has 0 amide bonds. The summed E-state index contributed by atoms with van der Waals surface area (Å²) in [7, 11) is 0. The molecule has 0 saturated carbocycles. The van der Waals surface area contributed by atoms with Crippen molar-refractivity contribution in [1.82, 2.24) is 0 Å². The van der Waals surface area contributed by atoms with Crippen LogP contribution in [0.25, 0.3) is 0 Å². The molecule has 5 nitrogen and oxygen atoms in total. The molecule has 0 unspecified atom stereocenters. The maximum atomic E-state index is 10.5. The predicted molar refractivity (Wildman–Crippen MR) is 208 cm³/mol. The van der Waals surface area contributed by atoms with Crippen molar-refractivity contribution in [2.45, 2.75) is 94.6 Å². The molecule has 0 N–H and O–H groups in total. The first kappa shape index (κ1) is 40.9. The van der Waals surface area contributed by atoms with Crippen LogP contribution < -0.4 is 9.64 Å². The number of nitrogens with zero attached hydrogens (tertiary/aromatic N) is 2. The quantitative estimate of drug-likeness (QED) is 0.0479. The van der Waals surface area contributed by atoms with Crippen molar-refractivity contribution in [1.29, 1.82) is 0 Å². The Kier molecular flexibility index (Phi) is 15.2. The van der Waals surface area contributed by atoms with E-state index in [-0.39, 0.29) is 22.7 Å². The minimum atomic E-state index is -0.418. The Morgan fingerprint density at radius 3 is 2.10 bits per heavy atom. The van der Waals surface area contributed by atoms with Crippen molar-refractivity contribution >= 4 is 64.4 Å². The Morgan fingerprint density at radius 2 is 1.59 bits per heavy atom. The van der Waals surface area contributed by atoms with E-state index < -0.39 is 4.92 Å². The standard InChI is InChI=1S/C23H30N.C10H11NO3.C6H4Cl2S2.Ru/c1-6-18-12-11-13-19(7-2)21(18)24-17-23(5,16-22(24,3)4)20-14-9-8-10-15-20;1-7(2)14-10-5-4-9(11(12)13)6-8(10)3;7-3-1-2-4(8)6(10)5(3)9;/h8-15,17H,6-7,16H2,1-5H3;3-7H,1-2H3;1-2,9-10H;/q-1;;;+1/p-1/t23-;;;/m1.../s1.